The first-order valence-corrected chi connectivity index (χ1v) is 8.24. The fourth-order valence-electron chi connectivity index (χ4n) is 1.15. The molecule has 1 unspecified atom stereocenters. The first kappa shape index (κ1) is 14.8. The number of sulfonamides is 1. The Morgan fingerprint density at radius 3 is 2.88 bits per heavy atom. The second-order valence-corrected chi connectivity index (χ2v) is 6.96. The third-order valence-electron chi connectivity index (χ3n) is 2.27. The predicted octanol–water partition coefficient (Wildman–Crippen LogP) is 2.15. The van der Waals surface area contributed by atoms with E-state index in [0.29, 0.717) is 11.8 Å². The highest BCUT2D eigenvalue weighted by Crippen LogP contribution is 2.19. The fourth-order valence-corrected chi connectivity index (χ4v) is 2.98. The van der Waals surface area contributed by atoms with Crippen molar-refractivity contribution in [1.29, 1.82) is 0 Å². The zero-order valence-electron chi connectivity index (χ0n) is 9.68. The first-order valence-electron chi connectivity index (χ1n) is 5.09. The first-order chi connectivity index (χ1) is 7.97. The summed E-state index contributed by atoms with van der Waals surface area (Å²) < 4.78 is 26.3. The maximum Gasteiger partial charge on any atom is 0.243 e. The molecule has 0 amide bonds. The molecule has 0 saturated heterocycles. The molecule has 0 radical (unpaired) electrons. The van der Waals surface area contributed by atoms with Crippen molar-refractivity contribution < 1.29 is 8.42 Å². The predicted molar refractivity (Wildman–Crippen MR) is 72.0 cm³/mol. The maximum atomic E-state index is 11.9. The Bertz CT molecular complexity index is 465. The van der Waals surface area contributed by atoms with Crippen LogP contribution in [0.15, 0.2) is 23.4 Å². The van der Waals surface area contributed by atoms with Gasteiger partial charge in [-0.2, -0.15) is 11.8 Å². The SMILES string of the molecule is CSC(C)CCNS(=O)(=O)c1cnccc1Cl. The van der Waals surface area contributed by atoms with E-state index in [1.807, 2.05) is 6.26 Å². The van der Waals surface area contributed by atoms with Crippen molar-refractivity contribution in [3.8, 4) is 0 Å². The molecule has 0 aliphatic rings. The Morgan fingerprint density at radius 2 is 2.29 bits per heavy atom. The van der Waals surface area contributed by atoms with Gasteiger partial charge in [0.15, 0.2) is 0 Å². The second kappa shape index (κ2) is 6.58. The molecule has 0 aliphatic heterocycles. The number of thioether (sulfide) groups is 1. The highest BCUT2D eigenvalue weighted by atomic mass is 35.5. The van der Waals surface area contributed by atoms with Crippen molar-refractivity contribution in [2.75, 3.05) is 12.8 Å². The van der Waals surface area contributed by atoms with Crippen molar-refractivity contribution in [2.45, 2.75) is 23.5 Å². The number of nitrogens with zero attached hydrogens (tertiary/aromatic N) is 1. The smallest absolute Gasteiger partial charge is 0.243 e. The van der Waals surface area contributed by atoms with Crippen molar-refractivity contribution >= 4 is 33.4 Å². The average Bonchev–Trinajstić information content (AvgIpc) is 2.28. The molecular formula is C10H15ClN2O2S2. The van der Waals surface area contributed by atoms with E-state index in [2.05, 4.69) is 16.6 Å². The third-order valence-corrected chi connectivity index (χ3v) is 5.24. The second-order valence-electron chi connectivity index (χ2n) is 3.54. The lowest BCUT2D eigenvalue weighted by Crippen LogP contribution is -2.26. The van der Waals surface area contributed by atoms with Crippen molar-refractivity contribution in [2.24, 2.45) is 0 Å². The summed E-state index contributed by atoms with van der Waals surface area (Å²) in [5, 5.41) is 0.604. The molecule has 0 aromatic carbocycles. The number of pyridine rings is 1. The zero-order valence-corrected chi connectivity index (χ0v) is 12.1. The van der Waals surface area contributed by atoms with Crippen molar-refractivity contribution in [1.82, 2.24) is 9.71 Å². The van der Waals surface area contributed by atoms with Crippen LogP contribution in [0.5, 0.6) is 0 Å². The lowest BCUT2D eigenvalue weighted by atomic mass is 10.3. The van der Waals surface area contributed by atoms with Crippen LogP contribution in [-0.4, -0.2) is 31.5 Å². The molecule has 0 saturated carbocycles. The van der Waals surface area contributed by atoms with Gasteiger partial charge in [0, 0.05) is 24.2 Å². The minimum Gasteiger partial charge on any atom is -0.263 e. The number of hydrogen-bond acceptors (Lipinski definition) is 4. The zero-order chi connectivity index (χ0) is 12.9. The van der Waals surface area contributed by atoms with E-state index in [1.54, 1.807) is 11.8 Å². The molecule has 0 aliphatic carbocycles. The van der Waals surface area contributed by atoms with Gasteiger partial charge in [-0.25, -0.2) is 13.1 Å². The van der Waals surface area contributed by atoms with Gasteiger partial charge in [-0.1, -0.05) is 18.5 Å². The summed E-state index contributed by atoms with van der Waals surface area (Å²) in [5.74, 6) is 0. The van der Waals surface area contributed by atoms with E-state index in [4.69, 9.17) is 11.6 Å². The minimum absolute atomic E-state index is 0.0264. The molecule has 1 atom stereocenters. The van der Waals surface area contributed by atoms with Crippen LogP contribution in [0, 0.1) is 0 Å². The molecule has 0 fully saturated rings. The summed E-state index contributed by atoms with van der Waals surface area (Å²) in [6, 6.07) is 1.46. The van der Waals surface area contributed by atoms with Crippen LogP contribution in [0.2, 0.25) is 5.02 Å². The number of nitrogens with one attached hydrogen (secondary N) is 1. The van der Waals surface area contributed by atoms with Crippen LogP contribution in [0.1, 0.15) is 13.3 Å². The molecule has 1 rings (SSSR count). The quantitative estimate of drug-likeness (QED) is 0.873. The van der Waals surface area contributed by atoms with Crippen LogP contribution < -0.4 is 4.72 Å². The summed E-state index contributed by atoms with van der Waals surface area (Å²) >= 11 is 7.52. The largest absolute Gasteiger partial charge is 0.263 e. The molecule has 1 N–H and O–H groups in total. The molecule has 1 aromatic rings. The van der Waals surface area contributed by atoms with Gasteiger partial charge in [0.25, 0.3) is 0 Å². The lowest BCUT2D eigenvalue weighted by molar-refractivity contribution is 0.578. The summed E-state index contributed by atoms with van der Waals surface area (Å²) in [6.07, 6.45) is 5.48. The standard InChI is InChI=1S/C10H15ClN2O2S2/c1-8(16-2)3-6-13-17(14,15)10-7-12-5-4-9(10)11/h4-5,7-8,13H,3,6H2,1-2H3. The maximum absolute atomic E-state index is 11.9. The van der Waals surface area contributed by atoms with Gasteiger partial charge in [-0.3, -0.25) is 4.98 Å². The van der Waals surface area contributed by atoms with Gasteiger partial charge in [0.1, 0.15) is 4.90 Å². The summed E-state index contributed by atoms with van der Waals surface area (Å²) in [4.78, 5) is 3.79. The van der Waals surface area contributed by atoms with Crippen LogP contribution in [0.25, 0.3) is 0 Å². The third kappa shape index (κ3) is 4.46. The minimum atomic E-state index is -3.55. The van der Waals surface area contributed by atoms with E-state index < -0.39 is 10.0 Å². The monoisotopic (exact) mass is 294 g/mol. The molecule has 0 spiro atoms. The summed E-state index contributed by atoms with van der Waals surface area (Å²) in [6.45, 7) is 2.45. The molecule has 4 nitrogen and oxygen atoms in total. The van der Waals surface area contributed by atoms with E-state index in [1.165, 1.54) is 18.5 Å². The van der Waals surface area contributed by atoms with Crippen molar-refractivity contribution in [3.63, 3.8) is 0 Å². The normalized spacial score (nSPS) is 13.6. The van der Waals surface area contributed by atoms with Gasteiger partial charge in [-0.05, 0) is 18.7 Å². The van der Waals surface area contributed by atoms with E-state index >= 15 is 0 Å². The van der Waals surface area contributed by atoms with Crippen LogP contribution in [-0.2, 0) is 10.0 Å². The Kier molecular flexibility index (Phi) is 5.72. The van der Waals surface area contributed by atoms with Gasteiger partial charge in [0.2, 0.25) is 10.0 Å². The lowest BCUT2D eigenvalue weighted by Gasteiger charge is -2.10. The van der Waals surface area contributed by atoms with Crippen LogP contribution in [0.4, 0.5) is 0 Å². The van der Waals surface area contributed by atoms with Crippen molar-refractivity contribution in [3.05, 3.63) is 23.5 Å². The average molecular weight is 295 g/mol. The summed E-state index contributed by atoms with van der Waals surface area (Å²) in [7, 11) is -3.55. The Morgan fingerprint density at radius 1 is 1.59 bits per heavy atom. The number of aromatic nitrogens is 1. The Labute approximate surface area is 111 Å². The van der Waals surface area contributed by atoms with E-state index in [-0.39, 0.29) is 9.92 Å². The molecule has 1 heterocycles. The molecular weight excluding hydrogens is 280 g/mol. The van der Waals surface area contributed by atoms with E-state index in [9.17, 15) is 8.42 Å². The highest BCUT2D eigenvalue weighted by molar-refractivity contribution is 7.99. The Hall–Kier alpha value is -0.300. The van der Waals surface area contributed by atoms with E-state index in [0.717, 1.165) is 6.42 Å². The van der Waals surface area contributed by atoms with Crippen LogP contribution in [0.3, 0.4) is 0 Å². The fraction of sp³-hybridized carbons (Fsp3) is 0.500. The molecule has 96 valence electrons. The molecule has 7 heteroatoms. The molecule has 1 aromatic heterocycles. The van der Waals surface area contributed by atoms with Gasteiger partial charge in [-0.15, -0.1) is 0 Å². The Balaban J connectivity index is 2.67. The van der Waals surface area contributed by atoms with Gasteiger partial charge >= 0.3 is 0 Å². The topological polar surface area (TPSA) is 59.1 Å². The number of rotatable bonds is 6. The van der Waals surface area contributed by atoms with Crippen LogP contribution >= 0.6 is 23.4 Å². The number of hydrogen-bond donors (Lipinski definition) is 1. The number of halogens is 1. The molecule has 17 heavy (non-hydrogen) atoms. The van der Waals surface area contributed by atoms with Gasteiger partial charge in [0.05, 0.1) is 5.02 Å². The highest BCUT2D eigenvalue weighted by Gasteiger charge is 2.17. The van der Waals surface area contributed by atoms with Gasteiger partial charge < -0.3 is 0 Å². The summed E-state index contributed by atoms with van der Waals surface area (Å²) in [5.41, 5.74) is 0. The molecule has 0 bridgehead atoms.